The Morgan fingerprint density at radius 2 is 1.56 bits per heavy atom. The molecule has 1 atom stereocenters. The Labute approximate surface area is 147 Å². The standard InChI is InChI=1S/C19H23N3O3/c1-14-5-4-6-16(11-14)21-19(24)13-22(2)12-18(23)20-15-7-9-17(25-3)10-8-15/h4-11H,12-13H2,1-3H3,(H,20,23)(H,21,24)/p+1. The van der Waals surface area contributed by atoms with E-state index in [2.05, 4.69) is 10.6 Å². The van der Waals surface area contributed by atoms with Gasteiger partial charge in [0.25, 0.3) is 11.8 Å². The van der Waals surface area contributed by atoms with Crippen LogP contribution in [0.25, 0.3) is 0 Å². The predicted octanol–water partition coefficient (Wildman–Crippen LogP) is 1.10. The highest BCUT2D eigenvalue weighted by Crippen LogP contribution is 2.14. The molecule has 0 radical (unpaired) electrons. The Kier molecular flexibility index (Phi) is 6.54. The second kappa shape index (κ2) is 8.84. The number of rotatable bonds is 7. The number of quaternary nitrogens is 1. The number of benzene rings is 2. The fourth-order valence-corrected chi connectivity index (χ4v) is 2.42. The SMILES string of the molecule is COc1ccc(NC(=O)C[NH+](C)CC(=O)Nc2cccc(C)c2)cc1. The van der Waals surface area contributed by atoms with Gasteiger partial charge in [-0.05, 0) is 48.9 Å². The zero-order valence-electron chi connectivity index (χ0n) is 14.8. The van der Waals surface area contributed by atoms with Gasteiger partial charge in [-0.15, -0.1) is 0 Å². The molecule has 1 unspecified atom stereocenters. The maximum Gasteiger partial charge on any atom is 0.279 e. The first kappa shape index (κ1) is 18.5. The minimum atomic E-state index is -0.147. The zero-order chi connectivity index (χ0) is 18.2. The van der Waals surface area contributed by atoms with Crippen molar-refractivity contribution in [2.24, 2.45) is 0 Å². The molecule has 132 valence electrons. The van der Waals surface area contributed by atoms with E-state index in [0.29, 0.717) is 5.69 Å². The maximum atomic E-state index is 12.1. The van der Waals surface area contributed by atoms with Crippen LogP contribution in [0.3, 0.4) is 0 Å². The fourth-order valence-electron chi connectivity index (χ4n) is 2.42. The molecular weight excluding hydrogens is 318 g/mol. The molecule has 0 saturated heterocycles. The molecule has 2 amide bonds. The summed E-state index contributed by atoms with van der Waals surface area (Å²) < 4.78 is 5.08. The average molecular weight is 342 g/mol. The Hall–Kier alpha value is -2.86. The van der Waals surface area contributed by atoms with Crippen LogP contribution in [0.2, 0.25) is 0 Å². The van der Waals surface area contributed by atoms with Gasteiger partial charge in [-0.25, -0.2) is 0 Å². The highest BCUT2D eigenvalue weighted by atomic mass is 16.5. The van der Waals surface area contributed by atoms with E-state index < -0.39 is 0 Å². The van der Waals surface area contributed by atoms with Crippen molar-refractivity contribution in [1.82, 2.24) is 0 Å². The van der Waals surface area contributed by atoms with Gasteiger partial charge in [-0.3, -0.25) is 9.59 Å². The number of ether oxygens (including phenoxy) is 1. The van der Waals surface area contributed by atoms with Crippen LogP contribution < -0.4 is 20.3 Å². The minimum Gasteiger partial charge on any atom is -0.497 e. The summed E-state index contributed by atoms with van der Waals surface area (Å²) in [4.78, 5) is 24.9. The van der Waals surface area contributed by atoms with Gasteiger partial charge in [0.05, 0.1) is 14.2 Å². The number of amides is 2. The van der Waals surface area contributed by atoms with E-state index in [9.17, 15) is 9.59 Å². The van der Waals surface area contributed by atoms with Crippen molar-refractivity contribution >= 4 is 23.2 Å². The van der Waals surface area contributed by atoms with Gasteiger partial charge in [0, 0.05) is 11.4 Å². The number of aryl methyl sites for hydroxylation is 1. The lowest BCUT2D eigenvalue weighted by atomic mass is 10.2. The van der Waals surface area contributed by atoms with Crippen molar-refractivity contribution in [1.29, 1.82) is 0 Å². The summed E-state index contributed by atoms with van der Waals surface area (Å²) in [6.07, 6.45) is 0. The van der Waals surface area contributed by atoms with Gasteiger partial charge in [0.1, 0.15) is 5.75 Å². The first-order chi connectivity index (χ1) is 12.0. The Balaban J connectivity index is 1.79. The number of anilines is 2. The van der Waals surface area contributed by atoms with E-state index in [1.54, 1.807) is 31.4 Å². The first-order valence-electron chi connectivity index (χ1n) is 8.08. The number of likely N-dealkylation sites (N-methyl/N-ethyl adjacent to an activating group) is 1. The smallest absolute Gasteiger partial charge is 0.279 e. The van der Waals surface area contributed by atoms with Gasteiger partial charge >= 0.3 is 0 Å². The monoisotopic (exact) mass is 342 g/mol. The van der Waals surface area contributed by atoms with E-state index >= 15 is 0 Å². The lowest BCUT2D eigenvalue weighted by Gasteiger charge is -2.14. The van der Waals surface area contributed by atoms with Crippen LogP contribution in [-0.4, -0.2) is 39.1 Å². The van der Waals surface area contributed by atoms with Crippen molar-refractivity contribution in [3.63, 3.8) is 0 Å². The molecular formula is C19H24N3O3+. The van der Waals surface area contributed by atoms with E-state index in [4.69, 9.17) is 4.74 Å². The second-order valence-corrected chi connectivity index (χ2v) is 6.00. The summed E-state index contributed by atoms with van der Waals surface area (Å²) in [5.74, 6) is 0.458. The van der Waals surface area contributed by atoms with Gasteiger partial charge in [-0.2, -0.15) is 0 Å². The van der Waals surface area contributed by atoms with Crippen molar-refractivity contribution in [3.05, 3.63) is 54.1 Å². The predicted molar refractivity (Wildman–Crippen MR) is 98.1 cm³/mol. The molecule has 0 aromatic heterocycles. The van der Waals surface area contributed by atoms with Gasteiger partial charge in [-0.1, -0.05) is 12.1 Å². The Morgan fingerprint density at radius 3 is 2.12 bits per heavy atom. The van der Waals surface area contributed by atoms with E-state index in [-0.39, 0.29) is 24.9 Å². The number of methoxy groups -OCH3 is 1. The van der Waals surface area contributed by atoms with Crippen LogP contribution in [0.15, 0.2) is 48.5 Å². The fraction of sp³-hybridized carbons (Fsp3) is 0.263. The lowest BCUT2D eigenvalue weighted by molar-refractivity contribution is -0.862. The summed E-state index contributed by atoms with van der Waals surface area (Å²) in [5, 5.41) is 5.65. The van der Waals surface area contributed by atoms with E-state index in [1.807, 2.05) is 38.2 Å². The minimum absolute atomic E-state index is 0.125. The van der Waals surface area contributed by atoms with Gasteiger partial charge in [0.2, 0.25) is 0 Å². The molecule has 0 spiro atoms. The molecule has 2 rings (SSSR count). The molecule has 2 aromatic rings. The van der Waals surface area contributed by atoms with Gasteiger partial charge < -0.3 is 20.3 Å². The van der Waals surface area contributed by atoms with Crippen LogP contribution in [-0.2, 0) is 9.59 Å². The molecule has 0 aliphatic rings. The third-order valence-corrected chi connectivity index (χ3v) is 3.60. The third kappa shape index (κ3) is 6.27. The maximum absolute atomic E-state index is 12.1. The number of nitrogens with one attached hydrogen (secondary N) is 3. The first-order valence-corrected chi connectivity index (χ1v) is 8.08. The van der Waals surface area contributed by atoms with Crippen molar-refractivity contribution in [2.75, 3.05) is 37.9 Å². The Morgan fingerprint density at radius 1 is 0.960 bits per heavy atom. The molecule has 0 heterocycles. The summed E-state index contributed by atoms with van der Waals surface area (Å²) in [6.45, 7) is 2.38. The number of hydrogen-bond donors (Lipinski definition) is 3. The molecule has 2 aromatic carbocycles. The Bertz CT molecular complexity index is 729. The largest absolute Gasteiger partial charge is 0.497 e. The lowest BCUT2D eigenvalue weighted by Crippen LogP contribution is -3.11. The molecule has 6 heteroatoms. The van der Waals surface area contributed by atoms with Crippen LogP contribution in [0, 0.1) is 6.92 Å². The van der Waals surface area contributed by atoms with Gasteiger partial charge in [0.15, 0.2) is 13.1 Å². The average Bonchev–Trinajstić information content (AvgIpc) is 2.55. The number of carbonyl (C=O) groups excluding carboxylic acids is 2. The van der Waals surface area contributed by atoms with E-state index in [1.165, 1.54) is 0 Å². The summed E-state index contributed by atoms with van der Waals surface area (Å²) in [7, 11) is 3.40. The van der Waals surface area contributed by atoms with Crippen LogP contribution in [0.5, 0.6) is 5.75 Å². The molecule has 6 nitrogen and oxygen atoms in total. The quantitative estimate of drug-likeness (QED) is 0.705. The molecule has 25 heavy (non-hydrogen) atoms. The topological polar surface area (TPSA) is 71.9 Å². The number of carbonyl (C=O) groups is 2. The second-order valence-electron chi connectivity index (χ2n) is 6.00. The summed E-state index contributed by atoms with van der Waals surface area (Å²) in [6, 6.07) is 14.7. The van der Waals surface area contributed by atoms with E-state index in [0.717, 1.165) is 21.9 Å². The summed E-state index contributed by atoms with van der Waals surface area (Å²) >= 11 is 0. The normalized spacial score (nSPS) is 11.5. The van der Waals surface area contributed by atoms with Crippen molar-refractivity contribution < 1.29 is 19.2 Å². The molecule has 3 N–H and O–H groups in total. The van der Waals surface area contributed by atoms with Crippen LogP contribution in [0.1, 0.15) is 5.56 Å². The van der Waals surface area contributed by atoms with Crippen molar-refractivity contribution in [2.45, 2.75) is 6.92 Å². The van der Waals surface area contributed by atoms with Crippen LogP contribution >= 0.6 is 0 Å². The molecule has 0 aliphatic heterocycles. The highest BCUT2D eigenvalue weighted by molar-refractivity contribution is 5.93. The highest BCUT2D eigenvalue weighted by Gasteiger charge is 2.14. The third-order valence-electron chi connectivity index (χ3n) is 3.60. The molecule has 0 saturated carbocycles. The number of hydrogen-bond acceptors (Lipinski definition) is 3. The summed E-state index contributed by atoms with van der Waals surface area (Å²) in [5.41, 5.74) is 2.54. The van der Waals surface area contributed by atoms with Crippen LogP contribution in [0.4, 0.5) is 11.4 Å². The molecule has 0 aliphatic carbocycles. The zero-order valence-corrected chi connectivity index (χ0v) is 14.8. The van der Waals surface area contributed by atoms with Crippen molar-refractivity contribution in [3.8, 4) is 5.75 Å². The molecule has 0 bridgehead atoms. The molecule has 0 fully saturated rings.